The summed E-state index contributed by atoms with van der Waals surface area (Å²) in [7, 11) is 0. The maximum absolute atomic E-state index is 6.56. The van der Waals surface area contributed by atoms with E-state index in [0.717, 1.165) is 36.2 Å². The molecular weight excluding hydrogens is 262 g/mol. The van der Waals surface area contributed by atoms with Crippen LogP contribution in [-0.2, 0) is 16.8 Å². The molecule has 0 saturated carbocycles. The van der Waals surface area contributed by atoms with Gasteiger partial charge in [-0.25, -0.2) is 4.98 Å². The van der Waals surface area contributed by atoms with Gasteiger partial charge in [0.1, 0.15) is 5.82 Å². The van der Waals surface area contributed by atoms with Gasteiger partial charge in [0, 0.05) is 24.8 Å². The predicted molar refractivity (Wildman–Crippen MR) is 76.3 cm³/mol. The lowest BCUT2D eigenvalue weighted by molar-refractivity contribution is 0.0481. The van der Waals surface area contributed by atoms with E-state index in [2.05, 4.69) is 11.5 Å². The Hall–Kier alpha value is -1.10. The smallest absolute Gasteiger partial charge is 0.130 e. The predicted octanol–water partition coefficient (Wildman–Crippen LogP) is 2.67. The number of nitrogens with two attached hydrogens (primary N) is 1. The van der Waals surface area contributed by atoms with Crippen LogP contribution >= 0.6 is 11.6 Å². The van der Waals surface area contributed by atoms with Crippen LogP contribution < -0.4 is 5.73 Å². The second-order valence-electron chi connectivity index (χ2n) is 5.08. The Bertz CT molecular complexity index is 602. The number of fused-ring (bicyclic) bond motifs is 1. The van der Waals surface area contributed by atoms with Crippen molar-refractivity contribution in [3.8, 4) is 0 Å². The van der Waals surface area contributed by atoms with E-state index in [4.69, 9.17) is 27.1 Å². The SMILES string of the molecule is CCn1c(C2(N)CCOCC2)nc2cc(Cl)ccc21. The van der Waals surface area contributed by atoms with Crippen molar-refractivity contribution in [1.82, 2.24) is 9.55 Å². The fraction of sp³-hybridized carbons (Fsp3) is 0.500. The molecule has 0 spiro atoms. The number of nitrogens with zero attached hydrogens (tertiary/aromatic N) is 2. The van der Waals surface area contributed by atoms with Crippen molar-refractivity contribution in [2.75, 3.05) is 13.2 Å². The summed E-state index contributed by atoms with van der Waals surface area (Å²) in [5.41, 5.74) is 8.19. The van der Waals surface area contributed by atoms with Crippen LogP contribution in [0.5, 0.6) is 0 Å². The maximum atomic E-state index is 6.56. The Morgan fingerprint density at radius 1 is 1.42 bits per heavy atom. The van der Waals surface area contributed by atoms with Gasteiger partial charge in [-0.15, -0.1) is 0 Å². The highest BCUT2D eigenvalue weighted by atomic mass is 35.5. The molecule has 0 aliphatic carbocycles. The van der Waals surface area contributed by atoms with E-state index >= 15 is 0 Å². The van der Waals surface area contributed by atoms with Gasteiger partial charge in [-0.1, -0.05) is 11.6 Å². The first-order chi connectivity index (χ1) is 9.14. The van der Waals surface area contributed by atoms with Crippen molar-refractivity contribution in [1.29, 1.82) is 0 Å². The van der Waals surface area contributed by atoms with Crippen LogP contribution in [0.4, 0.5) is 0 Å². The molecule has 2 heterocycles. The molecule has 0 amide bonds. The summed E-state index contributed by atoms with van der Waals surface area (Å²) >= 11 is 6.04. The average Bonchev–Trinajstić information content (AvgIpc) is 2.78. The van der Waals surface area contributed by atoms with Gasteiger partial charge >= 0.3 is 0 Å². The number of hydrogen-bond donors (Lipinski definition) is 1. The Morgan fingerprint density at radius 2 is 2.16 bits per heavy atom. The molecule has 1 saturated heterocycles. The third-order valence-electron chi connectivity index (χ3n) is 3.86. The fourth-order valence-electron chi connectivity index (χ4n) is 2.76. The lowest BCUT2D eigenvalue weighted by Crippen LogP contribution is -2.44. The van der Waals surface area contributed by atoms with Crippen LogP contribution in [0.2, 0.25) is 5.02 Å². The lowest BCUT2D eigenvalue weighted by Gasteiger charge is -2.33. The van der Waals surface area contributed by atoms with E-state index in [9.17, 15) is 0 Å². The monoisotopic (exact) mass is 279 g/mol. The quantitative estimate of drug-likeness (QED) is 0.919. The topological polar surface area (TPSA) is 53.1 Å². The van der Waals surface area contributed by atoms with Crippen molar-refractivity contribution in [2.24, 2.45) is 5.73 Å². The molecule has 102 valence electrons. The van der Waals surface area contributed by atoms with Crippen molar-refractivity contribution in [2.45, 2.75) is 31.8 Å². The number of aromatic nitrogens is 2. The van der Waals surface area contributed by atoms with E-state index in [1.165, 1.54) is 0 Å². The minimum absolute atomic E-state index is 0.389. The Morgan fingerprint density at radius 3 is 2.84 bits per heavy atom. The molecule has 0 bridgehead atoms. The summed E-state index contributed by atoms with van der Waals surface area (Å²) in [6.07, 6.45) is 1.62. The molecule has 1 aliphatic rings. The minimum Gasteiger partial charge on any atom is -0.381 e. The van der Waals surface area contributed by atoms with Crippen LogP contribution in [0, 0.1) is 0 Å². The lowest BCUT2D eigenvalue weighted by atomic mass is 9.90. The zero-order valence-electron chi connectivity index (χ0n) is 11.0. The van der Waals surface area contributed by atoms with E-state index in [0.29, 0.717) is 18.2 Å². The Labute approximate surface area is 117 Å². The molecule has 5 heteroatoms. The number of hydrogen-bond acceptors (Lipinski definition) is 3. The molecule has 2 aromatic rings. The van der Waals surface area contributed by atoms with Crippen molar-refractivity contribution < 1.29 is 4.74 Å². The van der Waals surface area contributed by atoms with Crippen LogP contribution in [0.15, 0.2) is 18.2 Å². The standard InChI is InChI=1S/C14H18ClN3O/c1-2-18-12-4-3-10(15)9-11(12)17-13(18)14(16)5-7-19-8-6-14/h3-4,9H,2,5-8,16H2,1H3. The third-order valence-corrected chi connectivity index (χ3v) is 4.09. The molecule has 1 fully saturated rings. The molecule has 3 rings (SSSR count). The van der Waals surface area contributed by atoms with Crippen LogP contribution in [-0.4, -0.2) is 22.8 Å². The molecule has 1 aliphatic heterocycles. The highest BCUT2D eigenvalue weighted by Crippen LogP contribution is 2.32. The van der Waals surface area contributed by atoms with E-state index in [-0.39, 0.29) is 5.54 Å². The second-order valence-corrected chi connectivity index (χ2v) is 5.52. The number of ether oxygens (including phenoxy) is 1. The van der Waals surface area contributed by atoms with Gasteiger partial charge in [0.05, 0.1) is 16.6 Å². The first-order valence-electron chi connectivity index (χ1n) is 6.67. The summed E-state index contributed by atoms with van der Waals surface area (Å²) in [4.78, 5) is 4.74. The first kappa shape index (κ1) is 12.9. The van der Waals surface area contributed by atoms with Gasteiger partial charge in [-0.2, -0.15) is 0 Å². The van der Waals surface area contributed by atoms with Gasteiger partial charge < -0.3 is 15.0 Å². The van der Waals surface area contributed by atoms with Gasteiger partial charge in [0.25, 0.3) is 0 Å². The Kier molecular flexibility index (Phi) is 3.25. The summed E-state index contributed by atoms with van der Waals surface area (Å²) in [6.45, 7) is 4.36. The number of rotatable bonds is 2. The third kappa shape index (κ3) is 2.14. The highest BCUT2D eigenvalue weighted by molar-refractivity contribution is 6.31. The molecule has 0 atom stereocenters. The normalized spacial score (nSPS) is 18.9. The number of aryl methyl sites for hydroxylation is 1. The summed E-state index contributed by atoms with van der Waals surface area (Å²) in [5, 5.41) is 0.706. The van der Waals surface area contributed by atoms with Crippen molar-refractivity contribution >= 4 is 22.6 Å². The molecule has 0 unspecified atom stereocenters. The van der Waals surface area contributed by atoms with Crippen LogP contribution in [0.1, 0.15) is 25.6 Å². The van der Waals surface area contributed by atoms with Gasteiger partial charge in [-0.3, -0.25) is 0 Å². The minimum atomic E-state index is -0.389. The van der Waals surface area contributed by atoms with E-state index in [1.54, 1.807) is 0 Å². The fourth-order valence-corrected chi connectivity index (χ4v) is 2.93. The largest absolute Gasteiger partial charge is 0.381 e. The number of benzene rings is 1. The molecule has 0 radical (unpaired) electrons. The molecular formula is C14H18ClN3O. The molecule has 4 nitrogen and oxygen atoms in total. The van der Waals surface area contributed by atoms with E-state index < -0.39 is 0 Å². The summed E-state index contributed by atoms with van der Waals surface area (Å²) in [6, 6.07) is 5.81. The van der Waals surface area contributed by atoms with Gasteiger partial charge in [0.2, 0.25) is 0 Å². The second kappa shape index (κ2) is 4.78. The van der Waals surface area contributed by atoms with E-state index in [1.807, 2.05) is 18.2 Å². The van der Waals surface area contributed by atoms with Crippen molar-refractivity contribution in [3.63, 3.8) is 0 Å². The van der Waals surface area contributed by atoms with Gasteiger partial charge in [-0.05, 0) is 38.0 Å². The highest BCUT2D eigenvalue weighted by Gasteiger charge is 2.34. The maximum Gasteiger partial charge on any atom is 0.130 e. The van der Waals surface area contributed by atoms with Crippen LogP contribution in [0.3, 0.4) is 0 Å². The number of halogens is 1. The molecule has 2 N–H and O–H groups in total. The number of imidazole rings is 1. The molecule has 1 aromatic heterocycles. The summed E-state index contributed by atoms with van der Waals surface area (Å²) in [5.74, 6) is 0.954. The zero-order chi connectivity index (χ0) is 13.5. The molecule has 1 aromatic carbocycles. The van der Waals surface area contributed by atoms with Gasteiger partial charge in [0.15, 0.2) is 0 Å². The van der Waals surface area contributed by atoms with Crippen molar-refractivity contribution in [3.05, 3.63) is 29.0 Å². The average molecular weight is 280 g/mol. The Balaban J connectivity index is 2.17. The zero-order valence-corrected chi connectivity index (χ0v) is 11.8. The summed E-state index contributed by atoms with van der Waals surface area (Å²) < 4.78 is 7.61. The first-order valence-corrected chi connectivity index (χ1v) is 7.05. The van der Waals surface area contributed by atoms with Crippen LogP contribution in [0.25, 0.3) is 11.0 Å². The molecule has 19 heavy (non-hydrogen) atoms.